The van der Waals surface area contributed by atoms with Crippen LogP contribution < -0.4 is 5.32 Å². The van der Waals surface area contributed by atoms with Crippen molar-refractivity contribution in [1.82, 2.24) is 5.32 Å². The van der Waals surface area contributed by atoms with E-state index >= 15 is 0 Å². The second-order valence-electron chi connectivity index (χ2n) is 6.78. The first kappa shape index (κ1) is 10.1. The maximum absolute atomic E-state index is 6.40. The van der Waals surface area contributed by atoms with Crippen LogP contribution in [-0.4, -0.2) is 18.7 Å². The Hall–Kier alpha value is -0.760. The van der Waals surface area contributed by atoms with Gasteiger partial charge >= 0.3 is 0 Å². The van der Waals surface area contributed by atoms with Crippen molar-refractivity contribution >= 4 is 0 Å². The highest BCUT2D eigenvalue weighted by Gasteiger charge is 2.62. The first-order chi connectivity index (χ1) is 8.89. The summed E-state index contributed by atoms with van der Waals surface area (Å²) in [6.45, 7) is 1.20. The molecule has 5 aliphatic rings. The van der Waals surface area contributed by atoms with E-state index in [1.807, 2.05) is 0 Å². The molecule has 3 aliphatic carbocycles. The summed E-state index contributed by atoms with van der Waals surface area (Å²) in [5.74, 6) is 2.15. The van der Waals surface area contributed by atoms with Crippen LogP contribution in [0, 0.1) is 11.3 Å². The van der Waals surface area contributed by atoms with Gasteiger partial charge < -0.3 is 10.1 Å². The lowest BCUT2D eigenvalue weighted by molar-refractivity contribution is -0.0391. The van der Waals surface area contributed by atoms with Crippen LogP contribution in [-0.2, 0) is 4.74 Å². The van der Waals surface area contributed by atoms with Crippen LogP contribution in [0.25, 0.3) is 0 Å². The summed E-state index contributed by atoms with van der Waals surface area (Å²) in [4.78, 5) is 0. The minimum absolute atomic E-state index is 0.425. The van der Waals surface area contributed by atoms with Crippen molar-refractivity contribution in [3.63, 3.8) is 0 Å². The monoisotopic (exact) mass is 243 g/mol. The molecule has 1 saturated carbocycles. The Morgan fingerprint density at radius 3 is 3.33 bits per heavy atom. The molecule has 0 amide bonds. The van der Waals surface area contributed by atoms with E-state index < -0.39 is 0 Å². The zero-order chi connectivity index (χ0) is 11.7. The summed E-state index contributed by atoms with van der Waals surface area (Å²) >= 11 is 0. The molecule has 2 nitrogen and oxygen atoms in total. The fourth-order valence-corrected chi connectivity index (χ4v) is 5.71. The number of hydrogen-bond acceptors (Lipinski definition) is 2. The molecule has 1 spiro atoms. The fourth-order valence-electron chi connectivity index (χ4n) is 5.71. The van der Waals surface area contributed by atoms with Crippen molar-refractivity contribution in [2.45, 2.75) is 57.1 Å². The average Bonchev–Trinajstić information content (AvgIpc) is 2.70. The number of hydrogen-bond donors (Lipinski definition) is 1. The smallest absolute Gasteiger partial charge is 0.119 e. The van der Waals surface area contributed by atoms with Gasteiger partial charge in [0.25, 0.3) is 0 Å². The number of piperidine rings is 1. The molecule has 2 heterocycles. The van der Waals surface area contributed by atoms with Gasteiger partial charge in [-0.25, -0.2) is 0 Å². The predicted octanol–water partition coefficient (Wildman–Crippen LogP) is 2.91. The topological polar surface area (TPSA) is 21.3 Å². The van der Waals surface area contributed by atoms with Crippen LogP contribution in [0.3, 0.4) is 0 Å². The van der Waals surface area contributed by atoms with Crippen molar-refractivity contribution < 1.29 is 4.74 Å². The van der Waals surface area contributed by atoms with Gasteiger partial charge in [-0.1, -0.05) is 5.57 Å². The predicted molar refractivity (Wildman–Crippen MR) is 70.0 cm³/mol. The lowest BCUT2D eigenvalue weighted by Gasteiger charge is -2.55. The maximum Gasteiger partial charge on any atom is 0.119 e. The summed E-state index contributed by atoms with van der Waals surface area (Å²) in [7, 11) is 0. The van der Waals surface area contributed by atoms with Gasteiger partial charge in [-0.2, -0.15) is 0 Å². The highest BCUT2D eigenvalue weighted by molar-refractivity contribution is 5.49. The van der Waals surface area contributed by atoms with Crippen LogP contribution >= 0.6 is 0 Å². The van der Waals surface area contributed by atoms with Crippen molar-refractivity contribution in [3.8, 4) is 0 Å². The summed E-state index contributed by atoms with van der Waals surface area (Å²) in [5, 5.41) is 3.81. The van der Waals surface area contributed by atoms with E-state index in [2.05, 4.69) is 11.4 Å². The van der Waals surface area contributed by atoms with E-state index in [1.54, 1.807) is 11.1 Å². The van der Waals surface area contributed by atoms with Crippen molar-refractivity contribution in [2.75, 3.05) is 6.54 Å². The maximum atomic E-state index is 6.40. The average molecular weight is 243 g/mol. The normalized spacial score (nSPS) is 48.4. The SMILES string of the molecule is C1=C2OC3CCC[C@H]4[C@H]5CC(=C2[C@@]34CCN5)CC1. The van der Waals surface area contributed by atoms with E-state index in [0.29, 0.717) is 11.5 Å². The molecule has 18 heavy (non-hydrogen) atoms. The third kappa shape index (κ3) is 0.977. The Morgan fingerprint density at radius 2 is 2.33 bits per heavy atom. The third-order valence-electron chi connectivity index (χ3n) is 6.23. The highest BCUT2D eigenvalue weighted by atomic mass is 16.5. The zero-order valence-electron chi connectivity index (χ0n) is 10.9. The minimum Gasteiger partial charge on any atom is -0.490 e. The molecule has 2 saturated heterocycles. The van der Waals surface area contributed by atoms with Gasteiger partial charge in [0.15, 0.2) is 0 Å². The Bertz CT molecular complexity index is 477. The van der Waals surface area contributed by atoms with Crippen molar-refractivity contribution in [2.24, 2.45) is 11.3 Å². The summed E-state index contributed by atoms with van der Waals surface area (Å²) in [6.07, 6.45) is 12.1. The molecule has 2 heteroatoms. The molecule has 3 fully saturated rings. The van der Waals surface area contributed by atoms with Crippen LogP contribution in [0.15, 0.2) is 23.0 Å². The molecule has 96 valence electrons. The molecular weight excluding hydrogens is 222 g/mol. The largest absolute Gasteiger partial charge is 0.490 e. The molecule has 4 atom stereocenters. The molecule has 0 aromatic heterocycles. The molecule has 1 N–H and O–H groups in total. The number of nitrogens with one attached hydrogen (secondary N) is 1. The number of allylic oxidation sites excluding steroid dienone is 2. The quantitative estimate of drug-likeness (QED) is 0.706. The van der Waals surface area contributed by atoms with Crippen LogP contribution in [0.5, 0.6) is 0 Å². The summed E-state index contributed by atoms with van der Waals surface area (Å²) < 4.78 is 6.40. The standard InChI is InChI=1S/C16H21NO/c1-3-10-9-12-11-4-2-6-14-16(11,7-8-17-12)15(10)13(5-1)18-14/h5,11-12,14,17H,1-4,6-9H2/t11-,12+,14?,16+/m0/s1. The van der Waals surface area contributed by atoms with Crippen LogP contribution in [0.4, 0.5) is 0 Å². The first-order valence-corrected chi connectivity index (χ1v) is 7.73. The van der Waals surface area contributed by atoms with E-state index in [0.717, 1.165) is 12.0 Å². The lowest BCUT2D eigenvalue weighted by atomic mass is 9.51. The summed E-state index contributed by atoms with van der Waals surface area (Å²) in [5.41, 5.74) is 3.86. The number of ether oxygens (including phenoxy) is 1. The molecule has 0 aromatic rings. The van der Waals surface area contributed by atoms with Gasteiger partial charge in [0.1, 0.15) is 11.9 Å². The van der Waals surface area contributed by atoms with Gasteiger partial charge in [0.05, 0.1) is 0 Å². The first-order valence-electron chi connectivity index (χ1n) is 7.73. The molecular formula is C16H21NO. The molecule has 0 radical (unpaired) electrons. The number of rotatable bonds is 0. The second kappa shape index (κ2) is 3.22. The lowest BCUT2D eigenvalue weighted by Crippen LogP contribution is -2.59. The van der Waals surface area contributed by atoms with Gasteiger partial charge in [-0.15, -0.1) is 0 Å². The molecule has 1 unspecified atom stereocenters. The Kier molecular flexibility index (Phi) is 1.80. The fraction of sp³-hybridized carbons (Fsp3) is 0.750. The molecule has 2 bridgehead atoms. The Balaban J connectivity index is 1.78. The van der Waals surface area contributed by atoms with Crippen LogP contribution in [0.2, 0.25) is 0 Å². The van der Waals surface area contributed by atoms with Gasteiger partial charge in [-0.3, -0.25) is 0 Å². The van der Waals surface area contributed by atoms with Gasteiger partial charge in [0, 0.05) is 17.0 Å². The Morgan fingerprint density at radius 1 is 1.33 bits per heavy atom. The summed E-state index contributed by atoms with van der Waals surface area (Å²) in [6, 6.07) is 0.751. The molecule has 2 aliphatic heterocycles. The van der Waals surface area contributed by atoms with Gasteiger partial charge in [-0.05, 0) is 63.5 Å². The van der Waals surface area contributed by atoms with E-state index in [1.165, 1.54) is 57.2 Å². The second-order valence-corrected chi connectivity index (χ2v) is 6.78. The van der Waals surface area contributed by atoms with E-state index in [-0.39, 0.29) is 0 Å². The van der Waals surface area contributed by atoms with E-state index in [4.69, 9.17) is 4.74 Å². The van der Waals surface area contributed by atoms with E-state index in [9.17, 15) is 0 Å². The highest BCUT2D eigenvalue weighted by Crippen LogP contribution is 2.64. The third-order valence-corrected chi connectivity index (χ3v) is 6.23. The zero-order valence-corrected chi connectivity index (χ0v) is 10.9. The Labute approximate surface area is 108 Å². The van der Waals surface area contributed by atoms with Gasteiger partial charge in [0.2, 0.25) is 0 Å². The van der Waals surface area contributed by atoms with Crippen LogP contribution in [0.1, 0.15) is 44.9 Å². The van der Waals surface area contributed by atoms with Crippen molar-refractivity contribution in [1.29, 1.82) is 0 Å². The molecule has 5 rings (SSSR count). The van der Waals surface area contributed by atoms with Crippen molar-refractivity contribution in [3.05, 3.63) is 23.0 Å². The molecule has 0 aromatic carbocycles. The minimum atomic E-state index is 0.425.